The summed E-state index contributed by atoms with van der Waals surface area (Å²) in [6.45, 7) is 5.97. The van der Waals surface area contributed by atoms with Gasteiger partial charge in [-0.25, -0.2) is 0 Å². The lowest BCUT2D eigenvalue weighted by atomic mass is 9.88. The summed E-state index contributed by atoms with van der Waals surface area (Å²) in [6.07, 6.45) is 0.541. The molecule has 0 aromatic rings. The van der Waals surface area contributed by atoms with Gasteiger partial charge in [-0.1, -0.05) is 29.5 Å². The van der Waals surface area contributed by atoms with Crippen molar-refractivity contribution in [2.45, 2.75) is 43.6 Å². The topological polar surface area (TPSA) is 52.6 Å². The van der Waals surface area contributed by atoms with Crippen LogP contribution in [0.15, 0.2) is 0 Å². The molecule has 0 radical (unpaired) electrons. The number of hydrogen-bond donors (Lipinski definition) is 0. The summed E-state index contributed by atoms with van der Waals surface area (Å²) in [6, 6.07) is 0. The zero-order valence-electron chi connectivity index (χ0n) is 9.79. The predicted octanol–water partition coefficient (Wildman–Crippen LogP) is 2.08. The molecule has 1 rings (SSSR count). The van der Waals surface area contributed by atoms with Crippen LogP contribution >= 0.6 is 22.6 Å². The molecule has 0 saturated carbocycles. The Labute approximate surface area is 109 Å². The zero-order chi connectivity index (χ0) is 12.3. The molecule has 1 aliphatic rings. The fourth-order valence-electron chi connectivity index (χ4n) is 1.66. The number of rotatable bonds is 4. The van der Waals surface area contributed by atoms with Crippen molar-refractivity contribution in [2.75, 3.05) is 6.61 Å². The smallest absolute Gasteiger partial charge is 0.311 e. The Bertz CT molecular complexity index is 286. The van der Waals surface area contributed by atoms with E-state index in [-0.39, 0.29) is 25.0 Å². The summed E-state index contributed by atoms with van der Waals surface area (Å²) < 4.78 is 10.4. The molecule has 92 valence electrons. The van der Waals surface area contributed by atoms with E-state index in [4.69, 9.17) is 9.47 Å². The van der Waals surface area contributed by atoms with Gasteiger partial charge in [0, 0.05) is 3.92 Å². The van der Waals surface area contributed by atoms with Gasteiger partial charge in [-0.2, -0.15) is 0 Å². The van der Waals surface area contributed by atoms with E-state index in [0.717, 1.165) is 6.42 Å². The lowest BCUT2D eigenvalue weighted by molar-refractivity contribution is -0.159. The van der Waals surface area contributed by atoms with Gasteiger partial charge in [-0.3, -0.25) is 9.59 Å². The number of carbonyl (C=O) groups excluding carboxylic acids is 2. The average molecular weight is 340 g/mol. The van der Waals surface area contributed by atoms with E-state index >= 15 is 0 Å². The summed E-state index contributed by atoms with van der Waals surface area (Å²) in [5, 5.41) is 0. The second-order valence-corrected chi connectivity index (χ2v) is 6.91. The molecular formula is C11H17IO4. The Balaban J connectivity index is 2.47. The SMILES string of the molecule is CC(I)CC(C)(C)C(=O)OC1COC(=O)C1. The first-order chi connectivity index (χ1) is 7.31. The largest absolute Gasteiger partial charge is 0.462 e. The molecule has 2 atom stereocenters. The molecule has 0 bridgehead atoms. The average Bonchev–Trinajstić information content (AvgIpc) is 2.48. The van der Waals surface area contributed by atoms with Gasteiger partial charge >= 0.3 is 11.9 Å². The first-order valence-electron chi connectivity index (χ1n) is 5.32. The second-order valence-electron chi connectivity index (χ2n) is 4.78. The molecule has 0 aliphatic carbocycles. The quantitative estimate of drug-likeness (QED) is 0.447. The number of carbonyl (C=O) groups is 2. The van der Waals surface area contributed by atoms with Crippen LogP contribution in [0.5, 0.6) is 0 Å². The second kappa shape index (κ2) is 5.33. The van der Waals surface area contributed by atoms with E-state index in [1.54, 1.807) is 0 Å². The third kappa shape index (κ3) is 3.92. The lowest BCUT2D eigenvalue weighted by Crippen LogP contribution is -2.32. The molecule has 0 aromatic carbocycles. The van der Waals surface area contributed by atoms with Crippen molar-refractivity contribution in [2.24, 2.45) is 5.41 Å². The minimum absolute atomic E-state index is 0.182. The maximum Gasteiger partial charge on any atom is 0.311 e. The van der Waals surface area contributed by atoms with E-state index in [1.165, 1.54) is 0 Å². The molecule has 2 unspecified atom stereocenters. The Kier molecular flexibility index (Phi) is 4.58. The minimum atomic E-state index is -0.508. The molecular weight excluding hydrogens is 323 g/mol. The van der Waals surface area contributed by atoms with Gasteiger partial charge in [0.15, 0.2) is 0 Å². The van der Waals surface area contributed by atoms with Gasteiger partial charge in [-0.15, -0.1) is 0 Å². The summed E-state index contributed by atoms with van der Waals surface area (Å²) in [4.78, 5) is 22.7. The van der Waals surface area contributed by atoms with Crippen molar-refractivity contribution in [3.63, 3.8) is 0 Å². The van der Waals surface area contributed by atoms with Gasteiger partial charge in [0.1, 0.15) is 12.7 Å². The van der Waals surface area contributed by atoms with Crippen LogP contribution in [0.1, 0.15) is 33.6 Å². The lowest BCUT2D eigenvalue weighted by Gasteiger charge is -2.25. The van der Waals surface area contributed by atoms with Crippen LogP contribution < -0.4 is 0 Å². The normalized spacial score (nSPS) is 22.8. The van der Waals surface area contributed by atoms with E-state index in [1.807, 2.05) is 13.8 Å². The molecule has 0 spiro atoms. The van der Waals surface area contributed by atoms with E-state index in [9.17, 15) is 9.59 Å². The van der Waals surface area contributed by atoms with Crippen molar-refractivity contribution in [1.29, 1.82) is 0 Å². The van der Waals surface area contributed by atoms with Crippen LogP contribution in [0.2, 0.25) is 0 Å². The Hall–Kier alpha value is -0.330. The predicted molar refractivity (Wildman–Crippen MR) is 67.3 cm³/mol. The van der Waals surface area contributed by atoms with Crippen molar-refractivity contribution in [3.8, 4) is 0 Å². The number of halogens is 1. The summed E-state index contributed by atoms with van der Waals surface area (Å²) >= 11 is 2.28. The van der Waals surface area contributed by atoms with E-state index < -0.39 is 11.5 Å². The van der Waals surface area contributed by atoms with E-state index in [0.29, 0.717) is 3.92 Å². The monoisotopic (exact) mass is 340 g/mol. The van der Waals surface area contributed by atoms with Crippen LogP contribution in [0.3, 0.4) is 0 Å². The highest BCUT2D eigenvalue weighted by Gasteiger charge is 2.35. The Morgan fingerprint density at radius 2 is 2.31 bits per heavy atom. The standard InChI is InChI=1S/C11H17IO4/c1-7(12)5-11(2,3)10(14)16-8-4-9(13)15-6-8/h7-8H,4-6H2,1-3H3. The van der Waals surface area contributed by atoms with Crippen LogP contribution in [0.25, 0.3) is 0 Å². The Morgan fingerprint density at radius 1 is 1.69 bits per heavy atom. The molecule has 5 heteroatoms. The minimum Gasteiger partial charge on any atom is -0.462 e. The van der Waals surface area contributed by atoms with Gasteiger partial charge in [0.25, 0.3) is 0 Å². The van der Waals surface area contributed by atoms with Crippen LogP contribution in [-0.4, -0.2) is 28.6 Å². The van der Waals surface area contributed by atoms with Crippen LogP contribution in [0.4, 0.5) is 0 Å². The van der Waals surface area contributed by atoms with Crippen molar-refractivity contribution in [3.05, 3.63) is 0 Å². The number of ether oxygens (including phenoxy) is 2. The van der Waals surface area contributed by atoms with Gasteiger partial charge in [0.05, 0.1) is 11.8 Å². The molecule has 16 heavy (non-hydrogen) atoms. The summed E-state index contributed by atoms with van der Waals surface area (Å²) in [7, 11) is 0. The molecule has 0 aromatic heterocycles. The maximum absolute atomic E-state index is 11.9. The van der Waals surface area contributed by atoms with Gasteiger partial charge < -0.3 is 9.47 Å². The highest BCUT2D eigenvalue weighted by Crippen LogP contribution is 2.28. The molecule has 1 aliphatic heterocycles. The van der Waals surface area contributed by atoms with Crippen molar-refractivity contribution < 1.29 is 19.1 Å². The Morgan fingerprint density at radius 3 is 2.75 bits per heavy atom. The molecule has 1 heterocycles. The van der Waals surface area contributed by atoms with Crippen molar-refractivity contribution in [1.82, 2.24) is 0 Å². The van der Waals surface area contributed by atoms with Crippen LogP contribution in [-0.2, 0) is 19.1 Å². The highest BCUT2D eigenvalue weighted by atomic mass is 127. The van der Waals surface area contributed by atoms with Crippen LogP contribution in [0, 0.1) is 5.41 Å². The van der Waals surface area contributed by atoms with Gasteiger partial charge in [0.2, 0.25) is 0 Å². The summed E-state index contributed by atoms with van der Waals surface area (Å²) in [5.41, 5.74) is -0.508. The number of alkyl halides is 1. The van der Waals surface area contributed by atoms with Gasteiger partial charge in [-0.05, 0) is 20.3 Å². The molecule has 1 saturated heterocycles. The fourth-order valence-corrected chi connectivity index (χ4v) is 2.76. The number of hydrogen-bond acceptors (Lipinski definition) is 4. The highest BCUT2D eigenvalue weighted by molar-refractivity contribution is 14.1. The van der Waals surface area contributed by atoms with E-state index in [2.05, 4.69) is 29.5 Å². The van der Waals surface area contributed by atoms with Crippen molar-refractivity contribution >= 4 is 34.5 Å². The third-order valence-corrected chi connectivity index (χ3v) is 2.88. The summed E-state index contributed by atoms with van der Waals surface area (Å²) in [5.74, 6) is -0.544. The first kappa shape index (κ1) is 13.7. The molecule has 1 fully saturated rings. The third-order valence-electron chi connectivity index (χ3n) is 2.44. The maximum atomic E-state index is 11.9. The fraction of sp³-hybridized carbons (Fsp3) is 0.818. The zero-order valence-corrected chi connectivity index (χ0v) is 11.9. The number of cyclic esters (lactones) is 1. The molecule has 0 amide bonds. The first-order valence-corrected chi connectivity index (χ1v) is 6.56. The molecule has 0 N–H and O–H groups in total. The number of esters is 2. The molecule has 4 nitrogen and oxygen atoms in total.